The highest BCUT2D eigenvalue weighted by Crippen LogP contribution is 2.34. The van der Waals surface area contributed by atoms with Gasteiger partial charge in [-0.3, -0.25) is 14.4 Å². The normalized spacial score (nSPS) is 13.3. The predicted octanol–water partition coefficient (Wildman–Crippen LogP) is 2.81. The smallest absolute Gasteiger partial charge is 0.257 e. The first-order chi connectivity index (χ1) is 14.0. The molecule has 0 fully saturated rings. The summed E-state index contributed by atoms with van der Waals surface area (Å²) in [4.78, 5) is 13.6. The van der Waals surface area contributed by atoms with Crippen molar-refractivity contribution in [3.8, 4) is 17.0 Å². The van der Waals surface area contributed by atoms with Gasteiger partial charge in [-0.2, -0.15) is 5.10 Å². The van der Waals surface area contributed by atoms with E-state index >= 15 is 0 Å². The number of ether oxygens (including phenoxy) is 1. The molecule has 0 saturated carbocycles. The highest BCUT2D eigenvalue weighted by molar-refractivity contribution is 5.77. The van der Waals surface area contributed by atoms with E-state index in [-0.39, 0.29) is 18.3 Å². The molecule has 4 rings (SSSR count). The van der Waals surface area contributed by atoms with Gasteiger partial charge in [-0.25, -0.2) is 4.39 Å². The van der Waals surface area contributed by atoms with Crippen LogP contribution in [0.4, 0.5) is 4.39 Å². The Balaban J connectivity index is 1.66. The van der Waals surface area contributed by atoms with Gasteiger partial charge in [-0.05, 0) is 36.9 Å². The van der Waals surface area contributed by atoms with E-state index in [0.29, 0.717) is 17.9 Å². The van der Waals surface area contributed by atoms with Gasteiger partial charge in [0.05, 0.1) is 17.9 Å². The van der Waals surface area contributed by atoms with E-state index in [0.717, 1.165) is 35.6 Å². The number of rotatable bonds is 6. The van der Waals surface area contributed by atoms with Crippen LogP contribution in [-0.4, -0.2) is 41.3 Å². The van der Waals surface area contributed by atoms with Crippen molar-refractivity contribution in [3.05, 3.63) is 71.2 Å². The van der Waals surface area contributed by atoms with Crippen LogP contribution in [-0.2, 0) is 24.4 Å². The lowest BCUT2D eigenvalue weighted by Gasteiger charge is -2.14. The molecule has 0 unspecified atom stereocenters. The molecule has 3 aromatic rings. The molecule has 0 atom stereocenters. The Morgan fingerprint density at radius 3 is 2.83 bits per heavy atom. The molecular formula is C22H23FN4O2. The van der Waals surface area contributed by atoms with Crippen LogP contribution >= 0.6 is 0 Å². The first-order valence-corrected chi connectivity index (χ1v) is 9.49. The van der Waals surface area contributed by atoms with Gasteiger partial charge in [0.25, 0.3) is 5.91 Å². The average Bonchev–Trinajstić information content (AvgIpc) is 3.22. The summed E-state index contributed by atoms with van der Waals surface area (Å²) < 4.78 is 22.0. The first kappa shape index (κ1) is 19.1. The Morgan fingerprint density at radius 2 is 2.03 bits per heavy atom. The molecule has 0 saturated heterocycles. The Bertz CT molecular complexity index is 1050. The van der Waals surface area contributed by atoms with Crippen LogP contribution in [0.2, 0.25) is 0 Å². The molecule has 0 spiro atoms. The topological polar surface area (TPSA) is 59.4 Å². The summed E-state index contributed by atoms with van der Waals surface area (Å²) >= 11 is 0. The molecule has 150 valence electrons. The van der Waals surface area contributed by atoms with Crippen molar-refractivity contribution in [2.75, 3.05) is 20.7 Å². The van der Waals surface area contributed by atoms with Crippen molar-refractivity contribution in [1.29, 1.82) is 0 Å². The fourth-order valence-electron chi connectivity index (χ4n) is 3.62. The van der Waals surface area contributed by atoms with Gasteiger partial charge >= 0.3 is 0 Å². The molecule has 2 heterocycles. The maximum atomic E-state index is 14.6. The van der Waals surface area contributed by atoms with Gasteiger partial charge in [-0.15, -0.1) is 0 Å². The summed E-state index contributed by atoms with van der Waals surface area (Å²) in [7, 11) is 3.60. The number of aromatic nitrogens is 2. The number of nitrogens with one attached hydrogen (secondary N) is 1. The largest absolute Gasteiger partial charge is 0.484 e. The van der Waals surface area contributed by atoms with Gasteiger partial charge < -0.3 is 10.1 Å². The molecule has 1 N–H and O–H groups in total. The predicted molar refractivity (Wildman–Crippen MR) is 108 cm³/mol. The van der Waals surface area contributed by atoms with E-state index in [1.165, 1.54) is 6.07 Å². The minimum Gasteiger partial charge on any atom is -0.484 e. The third kappa shape index (κ3) is 4.00. The number of fused-ring (bicyclic) bond motifs is 1. The van der Waals surface area contributed by atoms with Crippen LogP contribution < -0.4 is 10.1 Å². The summed E-state index contributed by atoms with van der Waals surface area (Å²) in [5, 5.41) is 7.30. The maximum Gasteiger partial charge on any atom is 0.257 e. The van der Waals surface area contributed by atoms with Crippen molar-refractivity contribution in [2.24, 2.45) is 0 Å². The van der Waals surface area contributed by atoms with Crippen molar-refractivity contribution >= 4 is 5.91 Å². The molecule has 1 aromatic heterocycles. The summed E-state index contributed by atoms with van der Waals surface area (Å²) in [6.07, 6.45) is 0. The van der Waals surface area contributed by atoms with Crippen molar-refractivity contribution in [2.45, 2.75) is 19.6 Å². The first-order valence-electron chi connectivity index (χ1n) is 9.49. The van der Waals surface area contributed by atoms with Crippen molar-refractivity contribution in [1.82, 2.24) is 20.0 Å². The standard InChI is InChI=1S/C22H23FN4O2/c1-24-21(28)14-29-16-7-5-6-15(10-16)11-27-22(17-8-3-4-9-19(17)23)18-12-26(2)13-20(18)25-27/h3-10H,11-14H2,1-2H3,(H,24,28). The third-order valence-electron chi connectivity index (χ3n) is 4.99. The lowest BCUT2D eigenvalue weighted by atomic mass is 10.1. The molecule has 1 aliphatic heterocycles. The van der Waals surface area contributed by atoms with E-state index in [4.69, 9.17) is 9.84 Å². The molecule has 7 heteroatoms. The van der Waals surface area contributed by atoms with Crippen LogP contribution in [0.3, 0.4) is 0 Å². The molecule has 1 aliphatic rings. The molecular weight excluding hydrogens is 371 g/mol. The number of benzene rings is 2. The van der Waals surface area contributed by atoms with E-state index in [9.17, 15) is 9.18 Å². The minimum absolute atomic E-state index is 0.0389. The monoisotopic (exact) mass is 394 g/mol. The SMILES string of the molecule is CNC(=O)COc1cccc(Cn2nc3c(c2-c2ccccc2F)CN(C)C3)c1. The molecule has 0 aliphatic carbocycles. The lowest BCUT2D eigenvalue weighted by molar-refractivity contribution is -0.122. The second kappa shape index (κ2) is 8.05. The van der Waals surface area contributed by atoms with Crippen LogP contribution in [0.15, 0.2) is 48.5 Å². The van der Waals surface area contributed by atoms with Crippen LogP contribution in [0, 0.1) is 5.82 Å². The zero-order valence-corrected chi connectivity index (χ0v) is 16.5. The molecule has 2 aromatic carbocycles. The molecule has 6 nitrogen and oxygen atoms in total. The number of hydrogen-bond donors (Lipinski definition) is 1. The Morgan fingerprint density at radius 1 is 1.21 bits per heavy atom. The van der Waals surface area contributed by atoms with Gasteiger partial charge in [0.1, 0.15) is 11.6 Å². The zero-order chi connectivity index (χ0) is 20.4. The van der Waals surface area contributed by atoms with Crippen LogP contribution in [0.1, 0.15) is 16.8 Å². The summed E-state index contributed by atoms with van der Waals surface area (Å²) in [5.74, 6) is 0.163. The summed E-state index contributed by atoms with van der Waals surface area (Å²) in [6, 6.07) is 14.3. The number of likely N-dealkylation sites (N-methyl/N-ethyl adjacent to an activating group) is 1. The van der Waals surface area contributed by atoms with E-state index in [2.05, 4.69) is 10.2 Å². The molecule has 0 bridgehead atoms. The second-order valence-corrected chi connectivity index (χ2v) is 7.19. The Kier molecular flexibility index (Phi) is 5.31. The highest BCUT2D eigenvalue weighted by atomic mass is 19.1. The van der Waals surface area contributed by atoms with Crippen molar-refractivity contribution in [3.63, 3.8) is 0 Å². The van der Waals surface area contributed by atoms with Crippen LogP contribution in [0.5, 0.6) is 5.75 Å². The highest BCUT2D eigenvalue weighted by Gasteiger charge is 2.27. The minimum atomic E-state index is -0.256. The lowest BCUT2D eigenvalue weighted by Crippen LogP contribution is -2.24. The zero-order valence-electron chi connectivity index (χ0n) is 16.5. The third-order valence-corrected chi connectivity index (χ3v) is 4.99. The van der Waals surface area contributed by atoms with Crippen molar-refractivity contribution < 1.29 is 13.9 Å². The Hall–Kier alpha value is -3.19. The quantitative estimate of drug-likeness (QED) is 0.699. The maximum absolute atomic E-state index is 14.6. The van der Waals surface area contributed by atoms with Gasteiger partial charge in [0.2, 0.25) is 0 Å². The van der Waals surface area contributed by atoms with Crippen LogP contribution in [0.25, 0.3) is 11.3 Å². The number of amides is 1. The number of carbonyl (C=O) groups is 1. The number of nitrogens with zero attached hydrogens (tertiary/aromatic N) is 3. The fraction of sp³-hybridized carbons (Fsp3) is 0.273. The number of halogens is 1. The average molecular weight is 394 g/mol. The summed E-state index contributed by atoms with van der Waals surface area (Å²) in [6.45, 7) is 1.94. The second-order valence-electron chi connectivity index (χ2n) is 7.19. The van der Waals surface area contributed by atoms with Gasteiger partial charge in [0.15, 0.2) is 6.61 Å². The van der Waals surface area contributed by atoms with E-state index in [1.807, 2.05) is 42.1 Å². The molecule has 29 heavy (non-hydrogen) atoms. The number of carbonyl (C=O) groups excluding carboxylic acids is 1. The summed E-state index contributed by atoms with van der Waals surface area (Å²) in [5.41, 5.74) is 4.40. The fourth-order valence-corrected chi connectivity index (χ4v) is 3.62. The molecule has 0 radical (unpaired) electrons. The Labute approximate surface area is 168 Å². The van der Waals surface area contributed by atoms with Gasteiger partial charge in [0, 0.05) is 31.3 Å². The van der Waals surface area contributed by atoms with E-state index in [1.54, 1.807) is 19.2 Å². The molecule has 1 amide bonds. The van der Waals surface area contributed by atoms with Gasteiger partial charge in [-0.1, -0.05) is 24.3 Å². The van der Waals surface area contributed by atoms with E-state index < -0.39 is 0 Å². The number of hydrogen-bond acceptors (Lipinski definition) is 4.